The average molecular weight is 728 g/mol. The molecule has 0 bridgehead atoms. The quantitative estimate of drug-likeness (QED) is 0.168. The zero-order valence-electron chi connectivity index (χ0n) is 31.3. The van der Waals surface area contributed by atoms with Gasteiger partial charge in [-0.25, -0.2) is 0 Å². The van der Waals surface area contributed by atoms with Crippen LogP contribution < -0.4 is 10.6 Å². The Hall–Kier alpha value is -7.36. The van der Waals surface area contributed by atoms with E-state index in [9.17, 15) is 0 Å². The van der Waals surface area contributed by atoms with Crippen molar-refractivity contribution >= 4 is 66.7 Å². The summed E-state index contributed by atoms with van der Waals surface area (Å²) in [6, 6.07) is 68.9. The summed E-state index contributed by atoms with van der Waals surface area (Å²) in [4.78, 5) is 0. The maximum Gasteiger partial charge on any atom is 0.0782 e. The Labute approximate surface area is 329 Å². The number of nitrogens with zero attached hydrogens (tertiary/aromatic N) is 3. The second-order valence-electron chi connectivity index (χ2n) is 15.2. The summed E-state index contributed by atoms with van der Waals surface area (Å²) in [7, 11) is 0. The van der Waals surface area contributed by atoms with Crippen LogP contribution in [-0.2, 0) is 0 Å². The second kappa shape index (κ2) is 12.6. The molecule has 0 saturated carbocycles. The van der Waals surface area contributed by atoms with Crippen LogP contribution in [0.4, 0.5) is 0 Å². The third kappa shape index (κ3) is 4.73. The molecule has 12 rings (SSSR count). The molecule has 268 valence electrons. The van der Waals surface area contributed by atoms with E-state index in [4.69, 9.17) is 0 Å². The first-order valence-electron chi connectivity index (χ1n) is 19.9. The van der Waals surface area contributed by atoms with Gasteiger partial charge in [0.2, 0.25) is 0 Å². The molecule has 0 N–H and O–H groups in total. The van der Waals surface area contributed by atoms with Crippen LogP contribution in [-0.4, -0.2) is 13.7 Å². The molecule has 0 fully saturated rings. The van der Waals surface area contributed by atoms with E-state index in [2.05, 4.69) is 214 Å². The number of hydrogen-bond acceptors (Lipinski definition) is 0. The maximum atomic E-state index is 2.54. The second-order valence-corrected chi connectivity index (χ2v) is 15.2. The molecule has 0 unspecified atom stereocenters. The first-order valence-corrected chi connectivity index (χ1v) is 19.9. The van der Waals surface area contributed by atoms with Gasteiger partial charge in [-0.15, -0.1) is 0 Å². The molecule has 1 aliphatic carbocycles. The van der Waals surface area contributed by atoms with E-state index in [0.29, 0.717) is 0 Å². The van der Waals surface area contributed by atoms with Crippen LogP contribution in [0.5, 0.6) is 0 Å². The van der Waals surface area contributed by atoms with Crippen molar-refractivity contribution in [3.05, 3.63) is 199 Å². The lowest BCUT2D eigenvalue weighted by molar-refractivity contribution is 1.02. The van der Waals surface area contributed by atoms with Gasteiger partial charge >= 0.3 is 0 Å². The van der Waals surface area contributed by atoms with Gasteiger partial charge in [0.1, 0.15) is 0 Å². The van der Waals surface area contributed by atoms with Crippen molar-refractivity contribution in [2.45, 2.75) is 12.8 Å². The summed E-state index contributed by atoms with van der Waals surface area (Å²) in [5.74, 6) is 0. The van der Waals surface area contributed by atoms with Crippen molar-refractivity contribution in [3.8, 4) is 39.3 Å². The van der Waals surface area contributed by atoms with Crippen LogP contribution in [0, 0.1) is 0 Å². The highest BCUT2D eigenvalue weighted by molar-refractivity contribution is 6.12. The molecule has 57 heavy (non-hydrogen) atoms. The van der Waals surface area contributed by atoms with Crippen molar-refractivity contribution in [2.75, 3.05) is 0 Å². The number of fused-ring (bicyclic) bond motifs is 9. The Kier molecular flexibility index (Phi) is 7.05. The topological polar surface area (TPSA) is 14.8 Å². The van der Waals surface area contributed by atoms with Gasteiger partial charge in [-0.05, 0) is 66.4 Å². The van der Waals surface area contributed by atoms with Gasteiger partial charge in [0.15, 0.2) is 0 Å². The molecular weight excluding hydrogens is 691 g/mol. The summed E-state index contributed by atoms with van der Waals surface area (Å²) in [6.07, 6.45) is 6.96. The molecule has 11 aromatic rings. The fourth-order valence-electron chi connectivity index (χ4n) is 9.68. The summed E-state index contributed by atoms with van der Waals surface area (Å²) in [5.41, 5.74) is 14.4. The lowest BCUT2D eigenvalue weighted by Crippen LogP contribution is -2.30. The van der Waals surface area contributed by atoms with Gasteiger partial charge in [-0.3, -0.25) is 0 Å². The first kappa shape index (κ1) is 31.9. The summed E-state index contributed by atoms with van der Waals surface area (Å²) in [6.45, 7) is 0. The maximum absolute atomic E-state index is 2.54. The monoisotopic (exact) mass is 727 g/mol. The number of para-hydroxylation sites is 5. The largest absolute Gasteiger partial charge is 0.308 e. The average Bonchev–Trinajstić information content (AvgIpc) is 3.92. The smallest absolute Gasteiger partial charge is 0.0782 e. The molecule has 3 heteroatoms. The predicted octanol–water partition coefficient (Wildman–Crippen LogP) is 12.5. The van der Waals surface area contributed by atoms with E-state index in [1.54, 1.807) is 0 Å². The summed E-state index contributed by atoms with van der Waals surface area (Å²) < 4.78 is 7.52. The lowest BCUT2D eigenvalue weighted by Gasteiger charge is -2.19. The number of rotatable bonds is 5. The highest BCUT2D eigenvalue weighted by atomic mass is 15.1. The molecule has 1 aliphatic rings. The summed E-state index contributed by atoms with van der Waals surface area (Å²) in [5, 5.41) is 8.89. The minimum absolute atomic E-state index is 1.02. The molecular formula is C54H37N3. The Balaban J connectivity index is 1.18. The van der Waals surface area contributed by atoms with Crippen LogP contribution in [0.3, 0.4) is 0 Å². The molecule has 0 atom stereocenters. The van der Waals surface area contributed by atoms with E-state index in [1.807, 2.05) is 0 Å². The van der Waals surface area contributed by atoms with Crippen LogP contribution in [0.25, 0.3) is 106 Å². The number of benzene rings is 8. The van der Waals surface area contributed by atoms with Gasteiger partial charge < -0.3 is 13.7 Å². The molecule has 0 aliphatic heterocycles. The Bertz CT molecular complexity index is 3400. The van der Waals surface area contributed by atoms with Crippen LogP contribution in [0.2, 0.25) is 0 Å². The Morgan fingerprint density at radius 1 is 0.351 bits per heavy atom. The fraction of sp³-hybridized carbons (Fsp3) is 0.0370. The Morgan fingerprint density at radius 2 is 0.860 bits per heavy atom. The molecule has 3 aromatic heterocycles. The van der Waals surface area contributed by atoms with Crippen molar-refractivity contribution < 1.29 is 0 Å². The van der Waals surface area contributed by atoms with Crippen LogP contribution >= 0.6 is 0 Å². The van der Waals surface area contributed by atoms with Gasteiger partial charge in [-0.1, -0.05) is 158 Å². The van der Waals surface area contributed by atoms with Crippen LogP contribution in [0.15, 0.2) is 188 Å². The molecule has 3 heterocycles. The number of aromatic nitrogens is 3. The van der Waals surface area contributed by atoms with Crippen molar-refractivity contribution in [3.63, 3.8) is 0 Å². The standard InChI is InChI=1S/C54H37N3/c1-3-17-36(18-4-1)39-25-15-26-40(37-19-5-2-6-20-37)53(39)57-50-31-14-10-24-44(50)46-35-38(33-34-51(46)57)55-47-28-11-9-23-43(47)45-27-16-32-52(54(45)55)56-48-29-12-7-21-41(48)42-22-8-13-30-49(42)56/h1-8,10,12-35H,9,11H2. The van der Waals surface area contributed by atoms with E-state index in [0.717, 1.165) is 18.5 Å². The minimum Gasteiger partial charge on any atom is -0.308 e. The minimum atomic E-state index is 1.02. The fourth-order valence-corrected chi connectivity index (χ4v) is 9.68. The van der Waals surface area contributed by atoms with E-state index >= 15 is 0 Å². The summed E-state index contributed by atoms with van der Waals surface area (Å²) >= 11 is 0. The zero-order valence-corrected chi connectivity index (χ0v) is 31.3. The highest BCUT2D eigenvalue weighted by Gasteiger charge is 2.23. The molecule has 0 radical (unpaired) electrons. The predicted molar refractivity (Wildman–Crippen MR) is 240 cm³/mol. The van der Waals surface area contributed by atoms with Crippen molar-refractivity contribution in [2.24, 2.45) is 0 Å². The zero-order chi connectivity index (χ0) is 37.5. The highest BCUT2D eigenvalue weighted by Crippen LogP contribution is 2.42. The van der Waals surface area contributed by atoms with Gasteiger partial charge in [-0.2, -0.15) is 0 Å². The SMILES string of the molecule is C1=c2c(n(-c3ccc4c(c3)c3ccccc3n4-c3c(-c4ccccc4)cccc3-c3ccccc3)c3c(-n4c5ccccc5c5ccccc54)cccc23)=CCC1. The molecule has 0 saturated heterocycles. The van der Waals surface area contributed by atoms with E-state index in [-0.39, 0.29) is 0 Å². The van der Waals surface area contributed by atoms with Gasteiger partial charge in [0, 0.05) is 54.3 Å². The van der Waals surface area contributed by atoms with E-state index in [1.165, 1.54) is 98.7 Å². The van der Waals surface area contributed by atoms with Gasteiger partial charge in [0.05, 0.1) is 39.0 Å². The third-order valence-corrected chi connectivity index (χ3v) is 12.1. The first-order chi connectivity index (χ1) is 28.3. The van der Waals surface area contributed by atoms with Crippen molar-refractivity contribution in [1.82, 2.24) is 13.7 Å². The third-order valence-electron chi connectivity index (χ3n) is 12.1. The van der Waals surface area contributed by atoms with Gasteiger partial charge in [0.25, 0.3) is 0 Å². The normalized spacial score (nSPS) is 12.7. The Morgan fingerprint density at radius 3 is 1.51 bits per heavy atom. The molecule has 0 spiro atoms. The number of hydrogen-bond donors (Lipinski definition) is 0. The molecule has 0 amide bonds. The van der Waals surface area contributed by atoms with E-state index < -0.39 is 0 Å². The van der Waals surface area contributed by atoms with Crippen molar-refractivity contribution in [1.29, 1.82) is 0 Å². The lowest BCUT2D eigenvalue weighted by atomic mass is 9.95. The molecule has 3 nitrogen and oxygen atoms in total. The molecule has 8 aromatic carbocycles. The van der Waals surface area contributed by atoms with Crippen LogP contribution in [0.1, 0.15) is 12.8 Å².